The van der Waals surface area contributed by atoms with E-state index in [2.05, 4.69) is 24.3 Å². The molecule has 0 radical (unpaired) electrons. The standard InChI is InChI=1S/C18H21NO/c1-14-10-11-19(18(20)12-14)13-15-6-8-17(9-7-15)16-4-2-3-5-16/h6-12,16H,2-5,13H2,1H3. The van der Waals surface area contributed by atoms with Crippen LogP contribution < -0.4 is 5.56 Å². The van der Waals surface area contributed by atoms with Crippen LogP contribution in [0.3, 0.4) is 0 Å². The van der Waals surface area contributed by atoms with Gasteiger partial charge in [0.2, 0.25) is 0 Å². The van der Waals surface area contributed by atoms with Gasteiger partial charge in [-0.1, -0.05) is 37.1 Å². The molecule has 1 aliphatic rings. The summed E-state index contributed by atoms with van der Waals surface area (Å²) >= 11 is 0. The molecule has 0 aliphatic heterocycles. The zero-order valence-electron chi connectivity index (χ0n) is 12.0. The third kappa shape index (κ3) is 2.84. The van der Waals surface area contributed by atoms with E-state index in [1.165, 1.54) is 36.8 Å². The van der Waals surface area contributed by atoms with Gasteiger partial charge in [0.25, 0.3) is 5.56 Å². The summed E-state index contributed by atoms with van der Waals surface area (Å²) in [6.07, 6.45) is 7.27. The molecular formula is C18H21NO. The van der Waals surface area contributed by atoms with Crippen LogP contribution in [0, 0.1) is 6.92 Å². The van der Waals surface area contributed by atoms with Crippen molar-refractivity contribution in [1.29, 1.82) is 0 Å². The van der Waals surface area contributed by atoms with Crippen molar-refractivity contribution >= 4 is 0 Å². The van der Waals surface area contributed by atoms with Crippen molar-refractivity contribution in [3.8, 4) is 0 Å². The molecule has 1 fully saturated rings. The Morgan fingerprint density at radius 3 is 2.45 bits per heavy atom. The van der Waals surface area contributed by atoms with E-state index in [1.807, 2.05) is 19.2 Å². The molecule has 0 saturated heterocycles. The van der Waals surface area contributed by atoms with Crippen LogP contribution in [-0.2, 0) is 6.54 Å². The van der Waals surface area contributed by atoms with Crippen LogP contribution in [0.1, 0.15) is 48.3 Å². The molecule has 0 amide bonds. The highest BCUT2D eigenvalue weighted by molar-refractivity contribution is 5.26. The normalized spacial score (nSPS) is 15.7. The summed E-state index contributed by atoms with van der Waals surface area (Å²) in [7, 11) is 0. The van der Waals surface area contributed by atoms with Crippen molar-refractivity contribution in [1.82, 2.24) is 4.57 Å². The SMILES string of the molecule is Cc1ccn(Cc2ccc(C3CCCC3)cc2)c(=O)c1. The fourth-order valence-corrected chi connectivity index (χ4v) is 3.09. The minimum Gasteiger partial charge on any atom is -0.311 e. The number of pyridine rings is 1. The van der Waals surface area contributed by atoms with Gasteiger partial charge in [-0.15, -0.1) is 0 Å². The average Bonchev–Trinajstić information content (AvgIpc) is 2.97. The Morgan fingerprint density at radius 1 is 1.10 bits per heavy atom. The average molecular weight is 267 g/mol. The smallest absolute Gasteiger partial charge is 0.251 e. The Morgan fingerprint density at radius 2 is 1.80 bits per heavy atom. The molecule has 0 spiro atoms. The highest BCUT2D eigenvalue weighted by Gasteiger charge is 2.16. The molecule has 0 N–H and O–H groups in total. The van der Waals surface area contributed by atoms with E-state index in [4.69, 9.17) is 0 Å². The molecule has 0 unspecified atom stereocenters. The van der Waals surface area contributed by atoms with Crippen LogP contribution in [0.25, 0.3) is 0 Å². The lowest BCUT2D eigenvalue weighted by atomic mass is 9.97. The first-order valence-electron chi connectivity index (χ1n) is 7.48. The second kappa shape index (κ2) is 5.66. The molecule has 1 aromatic heterocycles. The number of aryl methyl sites for hydroxylation is 1. The van der Waals surface area contributed by atoms with Gasteiger partial charge in [-0.2, -0.15) is 0 Å². The summed E-state index contributed by atoms with van der Waals surface area (Å²) in [6.45, 7) is 2.60. The van der Waals surface area contributed by atoms with Gasteiger partial charge in [0.1, 0.15) is 0 Å². The molecular weight excluding hydrogens is 246 g/mol. The van der Waals surface area contributed by atoms with Crippen molar-refractivity contribution in [3.63, 3.8) is 0 Å². The Labute approximate surface area is 120 Å². The zero-order valence-corrected chi connectivity index (χ0v) is 12.0. The Kier molecular flexibility index (Phi) is 3.72. The van der Waals surface area contributed by atoms with E-state index in [0.29, 0.717) is 6.54 Å². The summed E-state index contributed by atoms with van der Waals surface area (Å²) in [5, 5.41) is 0. The van der Waals surface area contributed by atoms with E-state index in [0.717, 1.165) is 11.5 Å². The number of rotatable bonds is 3. The van der Waals surface area contributed by atoms with Crippen molar-refractivity contribution in [2.24, 2.45) is 0 Å². The van der Waals surface area contributed by atoms with Crippen molar-refractivity contribution < 1.29 is 0 Å². The monoisotopic (exact) mass is 267 g/mol. The van der Waals surface area contributed by atoms with E-state index >= 15 is 0 Å². The minimum atomic E-state index is 0.0740. The Balaban J connectivity index is 1.76. The van der Waals surface area contributed by atoms with Crippen LogP contribution in [0.5, 0.6) is 0 Å². The summed E-state index contributed by atoms with van der Waals surface area (Å²) in [5.74, 6) is 0.756. The van der Waals surface area contributed by atoms with Crippen LogP contribution in [0.2, 0.25) is 0 Å². The lowest BCUT2D eigenvalue weighted by molar-refractivity contribution is 0.719. The maximum atomic E-state index is 11.9. The maximum Gasteiger partial charge on any atom is 0.251 e. The third-order valence-electron chi connectivity index (χ3n) is 4.31. The maximum absolute atomic E-state index is 11.9. The number of hydrogen-bond donors (Lipinski definition) is 0. The van der Waals surface area contributed by atoms with Gasteiger partial charge in [0, 0.05) is 12.3 Å². The molecule has 1 aliphatic carbocycles. The van der Waals surface area contributed by atoms with E-state index in [1.54, 1.807) is 10.6 Å². The lowest BCUT2D eigenvalue weighted by Gasteiger charge is -2.11. The molecule has 1 heterocycles. The Hall–Kier alpha value is -1.83. The minimum absolute atomic E-state index is 0.0740. The Bertz CT molecular complexity index is 633. The highest BCUT2D eigenvalue weighted by Crippen LogP contribution is 2.33. The quantitative estimate of drug-likeness (QED) is 0.827. The second-order valence-corrected chi connectivity index (χ2v) is 5.89. The summed E-state index contributed by atoms with van der Waals surface area (Å²) in [5.41, 5.74) is 3.74. The molecule has 0 bridgehead atoms. The van der Waals surface area contributed by atoms with Gasteiger partial charge in [-0.25, -0.2) is 0 Å². The first kappa shape index (κ1) is 13.2. The van der Waals surface area contributed by atoms with Crippen LogP contribution in [0.4, 0.5) is 0 Å². The topological polar surface area (TPSA) is 22.0 Å². The number of hydrogen-bond acceptors (Lipinski definition) is 1. The summed E-state index contributed by atoms with van der Waals surface area (Å²) < 4.78 is 1.76. The van der Waals surface area contributed by atoms with Crippen molar-refractivity contribution in [3.05, 3.63) is 69.6 Å². The van der Waals surface area contributed by atoms with E-state index in [-0.39, 0.29) is 5.56 Å². The number of aromatic nitrogens is 1. The largest absolute Gasteiger partial charge is 0.311 e. The zero-order chi connectivity index (χ0) is 13.9. The molecule has 3 rings (SSSR count). The fraction of sp³-hybridized carbons (Fsp3) is 0.389. The number of nitrogens with zero attached hydrogens (tertiary/aromatic N) is 1. The highest BCUT2D eigenvalue weighted by atomic mass is 16.1. The second-order valence-electron chi connectivity index (χ2n) is 5.89. The molecule has 104 valence electrons. The van der Waals surface area contributed by atoms with Crippen LogP contribution in [0.15, 0.2) is 47.4 Å². The van der Waals surface area contributed by atoms with Crippen molar-refractivity contribution in [2.45, 2.75) is 45.1 Å². The first-order valence-corrected chi connectivity index (χ1v) is 7.48. The third-order valence-corrected chi connectivity index (χ3v) is 4.31. The van der Waals surface area contributed by atoms with E-state index < -0.39 is 0 Å². The molecule has 1 aromatic carbocycles. The summed E-state index contributed by atoms with van der Waals surface area (Å²) in [4.78, 5) is 11.9. The molecule has 1 saturated carbocycles. The molecule has 20 heavy (non-hydrogen) atoms. The lowest BCUT2D eigenvalue weighted by Crippen LogP contribution is -2.19. The predicted molar refractivity (Wildman–Crippen MR) is 82.2 cm³/mol. The number of benzene rings is 1. The van der Waals surface area contributed by atoms with Gasteiger partial charge < -0.3 is 4.57 Å². The van der Waals surface area contributed by atoms with Gasteiger partial charge in [-0.3, -0.25) is 4.79 Å². The van der Waals surface area contributed by atoms with Crippen molar-refractivity contribution in [2.75, 3.05) is 0 Å². The van der Waals surface area contributed by atoms with Gasteiger partial charge in [-0.05, 0) is 48.4 Å². The molecule has 0 atom stereocenters. The van der Waals surface area contributed by atoms with Gasteiger partial charge in [0.05, 0.1) is 6.54 Å². The fourth-order valence-electron chi connectivity index (χ4n) is 3.09. The molecule has 2 heteroatoms. The van der Waals surface area contributed by atoms with Crippen LogP contribution in [-0.4, -0.2) is 4.57 Å². The van der Waals surface area contributed by atoms with Gasteiger partial charge >= 0.3 is 0 Å². The molecule has 2 nitrogen and oxygen atoms in total. The first-order chi connectivity index (χ1) is 9.72. The predicted octanol–water partition coefficient (Wildman–Crippen LogP) is 3.86. The summed E-state index contributed by atoms with van der Waals surface area (Å²) in [6, 6.07) is 12.5. The van der Waals surface area contributed by atoms with E-state index in [9.17, 15) is 4.79 Å². The molecule has 2 aromatic rings. The van der Waals surface area contributed by atoms with Crippen LogP contribution >= 0.6 is 0 Å². The van der Waals surface area contributed by atoms with Gasteiger partial charge in [0.15, 0.2) is 0 Å².